The average molecular weight is 438 g/mol. The number of hydrogen-bond donors (Lipinski definition) is 0. The lowest BCUT2D eigenvalue weighted by Gasteiger charge is -2.43. The van der Waals surface area contributed by atoms with E-state index in [1.807, 2.05) is 6.07 Å². The Bertz CT molecular complexity index is 936. The zero-order valence-electron chi connectivity index (χ0n) is 19.1. The molecule has 1 amide bonds. The van der Waals surface area contributed by atoms with Gasteiger partial charge in [-0.1, -0.05) is 55.5 Å². The zero-order valence-corrected chi connectivity index (χ0v) is 19.1. The van der Waals surface area contributed by atoms with Crippen molar-refractivity contribution in [3.63, 3.8) is 0 Å². The maximum atomic E-state index is 13.7. The van der Waals surface area contributed by atoms with Gasteiger partial charge in [-0.05, 0) is 68.7 Å². The predicted octanol–water partition coefficient (Wildman–Crippen LogP) is 7.12. The van der Waals surface area contributed by atoms with Crippen LogP contribution in [-0.4, -0.2) is 28.8 Å². The van der Waals surface area contributed by atoms with Crippen molar-refractivity contribution in [1.82, 2.24) is 4.90 Å². The molecule has 0 bridgehead atoms. The molecule has 2 aliphatic rings. The number of alkyl halides is 2. The van der Waals surface area contributed by atoms with E-state index in [-0.39, 0.29) is 17.4 Å². The van der Waals surface area contributed by atoms with Gasteiger partial charge >= 0.3 is 0 Å². The largest absolute Gasteiger partial charge is 0.333 e. The summed E-state index contributed by atoms with van der Waals surface area (Å²) in [7, 11) is 0. The molecule has 0 radical (unpaired) electrons. The summed E-state index contributed by atoms with van der Waals surface area (Å²) < 4.78 is 27.4. The van der Waals surface area contributed by atoms with E-state index in [0.29, 0.717) is 17.2 Å². The maximum Gasteiger partial charge on any atom is 0.254 e. The van der Waals surface area contributed by atoms with E-state index in [1.54, 1.807) is 24.3 Å². The Labute approximate surface area is 190 Å². The molecule has 2 saturated carbocycles. The molecule has 4 heteroatoms. The van der Waals surface area contributed by atoms with Crippen LogP contribution >= 0.6 is 0 Å². The van der Waals surface area contributed by atoms with Crippen molar-refractivity contribution in [3.8, 4) is 0 Å². The standard InChI is InChI=1S/C28H33F2NO/c1-4-28(23-8-6-5-7-9-23)18-16-25(17-19-28)31(24-14-15-24)26(32)22-12-10-21(11-13-22)20(2)27(3,29)30/h4-13,20,24-25H,1,14-19H2,2-3H3/t20-,25?,28?/m1/s1. The van der Waals surface area contributed by atoms with Crippen LogP contribution in [0.1, 0.15) is 79.8 Å². The van der Waals surface area contributed by atoms with Crippen LogP contribution in [0.3, 0.4) is 0 Å². The van der Waals surface area contributed by atoms with Gasteiger partial charge in [-0.2, -0.15) is 0 Å². The number of hydrogen-bond acceptors (Lipinski definition) is 1. The van der Waals surface area contributed by atoms with Crippen LogP contribution in [0, 0.1) is 0 Å². The van der Waals surface area contributed by atoms with Gasteiger partial charge in [0.2, 0.25) is 0 Å². The van der Waals surface area contributed by atoms with E-state index in [2.05, 4.69) is 41.8 Å². The molecule has 0 aromatic heterocycles. The van der Waals surface area contributed by atoms with E-state index < -0.39 is 11.8 Å². The second-order valence-corrected chi connectivity index (χ2v) is 9.70. The summed E-state index contributed by atoms with van der Waals surface area (Å²) in [6.45, 7) is 6.60. The molecule has 0 aliphatic heterocycles. The first-order chi connectivity index (χ1) is 15.2. The summed E-state index contributed by atoms with van der Waals surface area (Å²) in [6, 6.07) is 17.8. The highest BCUT2D eigenvalue weighted by Gasteiger charge is 2.42. The maximum absolute atomic E-state index is 13.7. The van der Waals surface area contributed by atoms with Crippen molar-refractivity contribution in [3.05, 3.63) is 83.9 Å². The quantitative estimate of drug-likeness (QED) is 0.422. The van der Waals surface area contributed by atoms with Crippen LogP contribution in [0.25, 0.3) is 0 Å². The number of carbonyl (C=O) groups is 1. The molecule has 2 aromatic rings. The van der Waals surface area contributed by atoms with E-state index in [1.165, 1.54) is 12.5 Å². The van der Waals surface area contributed by atoms with Gasteiger partial charge in [0, 0.05) is 29.0 Å². The van der Waals surface area contributed by atoms with Crippen molar-refractivity contribution >= 4 is 5.91 Å². The van der Waals surface area contributed by atoms with Crippen LogP contribution in [-0.2, 0) is 5.41 Å². The number of halogens is 2. The van der Waals surface area contributed by atoms with Crippen molar-refractivity contribution in [2.75, 3.05) is 0 Å². The van der Waals surface area contributed by atoms with Crippen molar-refractivity contribution in [1.29, 1.82) is 0 Å². The fraction of sp³-hybridized carbons (Fsp3) is 0.464. The fourth-order valence-corrected chi connectivity index (χ4v) is 5.12. The minimum atomic E-state index is -2.79. The molecule has 0 unspecified atom stereocenters. The summed E-state index contributed by atoms with van der Waals surface area (Å²) in [5, 5.41) is 0. The number of nitrogens with zero attached hydrogens (tertiary/aromatic N) is 1. The SMILES string of the molecule is C=CC1(c2ccccc2)CCC(N(C(=O)c2ccc([C@@H](C)C(C)(F)F)cc2)C2CC2)CC1. The first-order valence-electron chi connectivity index (χ1n) is 11.7. The number of rotatable bonds is 7. The molecule has 2 fully saturated rings. The monoisotopic (exact) mass is 437 g/mol. The molecule has 4 rings (SSSR count). The summed E-state index contributed by atoms with van der Waals surface area (Å²) in [6.07, 6.45) is 8.02. The number of allylic oxidation sites excluding steroid dienone is 1. The third-order valence-corrected chi connectivity index (χ3v) is 7.57. The van der Waals surface area contributed by atoms with E-state index in [4.69, 9.17) is 0 Å². The van der Waals surface area contributed by atoms with Gasteiger partial charge in [-0.3, -0.25) is 4.79 Å². The Hall–Kier alpha value is -2.49. The van der Waals surface area contributed by atoms with Crippen LogP contribution in [0.5, 0.6) is 0 Å². The van der Waals surface area contributed by atoms with Crippen LogP contribution < -0.4 is 0 Å². The lowest BCUT2D eigenvalue weighted by molar-refractivity contribution is -0.00222. The van der Waals surface area contributed by atoms with Crippen LogP contribution in [0.4, 0.5) is 8.78 Å². The second kappa shape index (κ2) is 8.80. The highest BCUT2D eigenvalue weighted by atomic mass is 19.3. The molecule has 0 N–H and O–H groups in total. The van der Waals surface area contributed by atoms with Gasteiger partial charge < -0.3 is 4.90 Å². The van der Waals surface area contributed by atoms with Crippen LogP contribution in [0.15, 0.2) is 67.3 Å². The average Bonchev–Trinajstić information content (AvgIpc) is 3.64. The fourth-order valence-electron chi connectivity index (χ4n) is 5.12. The van der Waals surface area contributed by atoms with E-state index in [0.717, 1.165) is 45.4 Å². The summed E-state index contributed by atoms with van der Waals surface area (Å²) in [4.78, 5) is 15.6. The third kappa shape index (κ3) is 4.51. The molecule has 170 valence electrons. The van der Waals surface area contributed by atoms with Crippen molar-refractivity contribution < 1.29 is 13.6 Å². The van der Waals surface area contributed by atoms with Gasteiger partial charge in [-0.15, -0.1) is 6.58 Å². The normalized spacial score (nSPS) is 24.6. The number of benzene rings is 2. The van der Waals surface area contributed by atoms with Gasteiger partial charge in [0.15, 0.2) is 0 Å². The molecule has 1 atom stereocenters. The highest BCUT2D eigenvalue weighted by Crippen LogP contribution is 2.44. The zero-order chi connectivity index (χ0) is 22.9. The van der Waals surface area contributed by atoms with Crippen molar-refractivity contribution in [2.24, 2.45) is 0 Å². The minimum Gasteiger partial charge on any atom is -0.333 e. The smallest absolute Gasteiger partial charge is 0.254 e. The highest BCUT2D eigenvalue weighted by molar-refractivity contribution is 5.95. The Morgan fingerprint density at radius 2 is 1.59 bits per heavy atom. The first-order valence-corrected chi connectivity index (χ1v) is 11.7. The molecule has 2 nitrogen and oxygen atoms in total. The van der Waals surface area contributed by atoms with E-state index in [9.17, 15) is 13.6 Å². The minimum absolute atomic E-state index is 0.0286. The molecule has 2 aromatic carbocycles. The Morgan fingerprint density at radius 3 is 2.09 bits per heavy atom. The lowest BCUT2D eigenvalue weighted by Crippen LogP contribution is -2.46. The predicted molar refractivity (Wildman–Crippen MR) is 125 cm³/mol. The van der Waals surface area contributed by atoms with Gasteiger partial charge in [0.25, 0.3) is 11.8 Å². The van der Waals surface area contributed by atoms with Crippen molar-refractivity contribution in [2.45, 2.75) is 81.7 Å². The molecule has 0 saturated heterocycles. The Morgan fingerprint density at radius 1 is 1.03 bits per heavy atom. The van der Waals surface area contributed by atoms with Gasteiger partial charge in [-0.25, -0.2) is 8.78 Å². The van der Waals surface area contributed by atoms with Crippen LogP contribution in [0.2, 0.25) is 0 Å². The first kappa shape index (κ1) is 22.7. The number of amides is 1. The third-order valence-electron chi connectivity index (χ3n) is 7.57. The molecule has 0 heterocycles. The topological polar surface area (TPSA) is 20.3 Å². The molecular weight excluding hydrogens is 404 g/mol. The Kier molecular flexibility index (Phi) is 6.24. The molecule has 2 aliphatic carbocycles. The second-order valence-electron chi connectivity index (χ2n) is 9.70. The molecule has 32 heavy (non-hydrogen) atoms. The molecule has 0 spiro atoms. The lowest BCUT2D eigenvalue weighted by atomic mass is 9.68. The summed E-state index contributed by atoms with van der Waals surface area (Å²) in [5.74, 6) is -3.63. The summed E-state index contributed by atoms with van der Waals surface area (Å²) >= 11 is 0. The van der Waals surface area contributed by atoms with Gasteiger partial charge in [0.05, 0.1) is 0 Å². The number of carbonyl (C=O) groups excluding carboxylic acids is 1. The van der Waals surface area contributed by atoms with Gasteiger partial charge in [0.1, 0.15) is 0 Å². The summed E-state index contributed by atoms with van der Waals surface area (Å²) in [5.41, 5.74) is 2.42. The molecular formula is C28H33F2NO. The Balaban J connectivity index is 1.49. The van der Waals surface area contributed by atoms with E-state index >= 15 is 0 Å².